The Morgan fingerprint density at radius 3 is 2.71 bits per heavy atom. The molecular formula is C19H17F4N5O3. The van der Waals surface area contributed by atoms with Crippen molar-refractivity contribution in [2.24, 2.45) is 0 Å². The molecular weight excluding hydrogens is 422 g/mol. The van der Waals surface area contributed by atoms with Gasteiger partial charge in [0, 0.05) is 31.3 Å². The van der Waals surface area contributed by atoms with Crippen molar-refractivity contribution in [2.75, 3.05) is 25.1 Å². The van der Waals surface area contributed by atoms with Gasteiger partial charge in [-0.05, 0) is 25.0 Å². The van der Waals surface area contributed by atoms with Gasteiger partial charge in [0.05, 0.1) is 23.7 Å². The number of ether oxygens (including phenoxy) is 1. The first-order chi connectivity index (χ1) is 14.7. The van der Waals surface area contributed by atoms with Crippen LogP contribution in [0, 0.1) is 15.9 Å². The zero-order chi connectivity index (χ0) is 22.3. The van der Waals surface area contributed by atoms with E-state index in [-0.39, 0.29) is 29.5 Å². The second kappa shape index (κ2) is 7.67. The highest BCUT2D eigenvalue weighted by Crippen LogP contribution is 2.38. The predicted octanol–water partition coefficient (Wildman–Crippen LogP) is 4.19. The highest BCUT2D eigenvalue weighted by molar-refractivity contribution is 5.66. The fraction of sp³-hybridized carbons (Fsp3) is 0.368. The first-order valence-corrected chi connectivity index (χ1v) is 9.37. The summed E-state index contributed by atoms with van der Waals surface area (Å²) in [5.41, 5.74) is -0.788. The Morgan fingerprint density at radius 2 is 2.03 bits per heavy atom. The number of hydrogen-bond donors (Lipinski definition) is 0. The zero-order valence-corrected chi connectivity index (χ0v) is 16.3. The molecule has 0 saturated carbocycles. The molecule has 8 nitrogen and oxygen atoms in total. The van der Waals surface area contributed by atoms with Crippen LogP contribution >= 0.6 is 0 Å². The number of nitrogens with zero attached hydrogens (tertiary/aromatic N) is 5. The van der Waals surface area contributed by atoms with Crippen LogP contribution in [-0.2, 0) is 6.18 Å². The summed E-state index contributed by atoms with van der Waals surface area (Å²) < 4.78 is 59.7. The molecule has 2 aromatic heterocycles. The fourth-order valence-electron chi connectivity index (χ4n) is 3.85. The largest absolute Gasteiger partial charge is 0.494 e. The second-order valence-electron chi connectivity index (χ2n) is 7.22. The molecule has 0 bridgehead atoms. The van der Waals surface area contributed by atoms with E-state index in [1.807, 2.05) is 0 Å². The first kappa shape index (κ1) is 20.8. The molecule has 12 heteroatoms. The van der Waals surface area contributed by atoms with Gasteiger partial charge in [0.1, 0.15) is 11.5 Å². The number of fused-ring (bicyclic) bond motifs is 1. The van der Waals surface area contributed by atoms with Crippen LogP contribution in [0.5, 0.6) is 5.75 Å². The van der Waals surface area contributed by atoms with Gasteiger partial charge in [0.25, 0.3) is 5.69 Å². The van der Waals surface area contributed by atoms with Gasteiger partial charge in [0.15, 0.2) is 17.2 Å². The summed E-state index contributed by atoms with van der Waals surface area (Å²) in [6.45, 7) is 0.698. The van der Waals surface area contributed by atoms with Crippen LogP contribution in [0.4, 0.5) is 28.9 Å². The molecule has 3 heterocycles. The number of pyridine rings is 1. The van der Waals surface area contributed by atoms with Gasteiger partial charge in [-0.15, -0.1) is 10.2 Å². The van der Waals surface area contributed by atoms with Crippen molar-refractivity contribution >= 4 is 17.0 Å². The number of anilines is 1. The van der Waals surface area contributed by atoms with Gasteiger partial charge in [-0.1, -0.05) is 0 Å². The number of halogens is 4. The molecule has 1 aliphatic heterocycles. The molecule has 1 aliphatic rings. The maximum absolute atomic E-state index is 14.0. The molecule has 164 valence electrons. The molecule has 1 unspecified atom stereocenters. The van der Waals surface area contributed by atoms with Gasteiger partial charge in [-0.2, -0.15) is 13.2 Å². The Hall–Kier alpha value is -3.44. The summed E-state index contributed by atoms with van der Waals surface area (Å²) >= 11 is 0. The molecule has 0 radical (unpaired) electrons. The van der Waals surface area contributed by atoms with Gasteiger partial charge >= 0.3 is 6.18 Å². The van der Waals surface area contributed by atoms with Gasteiger partial charge in [0.2, 0.25) is 0 Å². The minimum Gasteiger partial charge on any atom is -0.494 e. The molecule has 0 aliphatic carbocycles. The summed E-state index contributed by atoms with van der Waals surface area (Å²) in [6.07, 6.45) is -2.35. The summed E-state index contributed by atoms with van der Waals surface area (Å²) in [5, 5.41) is 19.5. The Kier molecular flexibility index (Phi) is 5.15. The van der Waals surface area contributed by atoms with Crippen molar-refractivity contribution in [1.29, 1.82) is 0 Å². The van der Waals surface area contributed by atoms with Gasteiger partial charge in [-0.25, -0.2) is 4.39 Å². The molecule has 1 saturated heterocycles. The molecule has 31 heavy (non-hydrogen) atoms. The summed E-state index contributed by atoms with van der Waals surface area (Å²) in [7, 11) is 1.26. The standard InChI is InChI=1S/C19H17F4N5O3/c1-31-16-8-14(15(28(29)30)7-13(16)20)26-6-2-3-11(9-26)18-25-24-17-5-4-12(10-27(17)18)19(21,22)23/h4-5,7-8,10-11H,2-3,6,9H2,1H3. The summed E-state index contributed by atoms with van der Waals surface area (Å²) in [4.78, 5) is 12.5. The molecule has 0 amide bonds. The molecule has 4 rings (SSSR count). The molecule has 1 aromatic carbocycles. The highest BCUT2D eigenvalue weighted by Gasteiger charge is 2.33. The monoisotopic (exact) mass is 439 g/mol. The van der Waals surface area contributed by atoms with Gasteiger partial charge < -0.3 is 9.64 Å². The van der Waals surface area contributed by atoms with E-state index in [9.17, 15) is 27.7 Å². The highest BCUT2D eigenvalue weighted by atomic mass is 19.4. The third-order valence-corrected chi connectivity index (χ3v) is 5.33. The molecule has 1 atom stereocenters. The smallest absolute Gasteiger partial charge is 0.417 e. The Balaban J connectivity index is 1.71. The fourth-order valence-corrected chi connectivity index (χ4v) is 3.85. The number of hydrogen-bond acceptors (Lipinski definition) is 6. The van der Waals surface area contributed by atoms with Crippen LogP contribution in [0.2, 0.25) is 0 Å². The van der Waals surface area contributed by atoms with E-state index in [0.717, 1.165) is 18.3 Å². The quantitative estimate of drug-likeness (QED) is 0.344. The van der Waals surface area contributed by atoms with Crippen molar-refractivity contribution in [1.82, 2.24) is 14.6 Å². The minimum absolute atomic E-state index is 0.134. The average molecular weight is 439 g/mol. The van der Waals surface area contributed by atoms with E-state index < -0.39 is 28.2 Å². The van der Waals surface area contributed by atoms with Crippen LogP contribution in [0.3, 0.4) is 0 Å². The second-order valence-corrected chi connectivity index (χ2v) is 7.22. The number of alkyl halides is 3. The third kappa shape index (κ3) is 3.84. The lowest BCUT2D eigenvalue weighted by Gasteiger charge is -2.33. The number of rotatable bonds is 4. The minimum atomic E-state index is -4.51. The lowest BCUT2D eigenvalue weighted by atomic mass is 9.96. The molecule has 1 fully saturated rings. The third-order valence-electron chi connectivity index (χ3n) is 5.33. The number of piperidine rings is 1. The molecule has 0 spiro atoms. The first-order valence-electron chi connectivity index (χ1n) is 9.37. The Bertz CT molecular complexity index is 1150. The topological polar surface area (TPSA) is 85.8 Å². The van der Waals surface area contributed by atoms with Crippen molar-refractivity contribution in [2.45, 2.75) is 24.9 Å². The van der Waals surface area contributed by atoms with Crippen LogP contribution < -0.4 is 9.64 Å². The summed E-state index contributed by atoms with van der Waals surface area (Å²) in [5.74, 6) is -0.981. The normalized spacial score (nSPS) is 17.2. The lowest BCUT2D eigenvalue weighted by Crippen LogP contribution is -2.35. The van der Waals surface area contributed by atoms with Crippen molar-refractivity contribution in [3.8, 4) is 5.75 Å². The Morgan fingerprint density at radius 1 is 1.26 bits per heavy atom. The number of methoxy groups -OCH3 is 1. The van der Waals surface area contributed by atoms with Crippen LogP contribution in [-0.4, -0.2) is 39.7 Å². The maximum atomic E-state index is 14.0. The SMILES string of the molecule is COc1cc(N2CCCC(c3nnc4ccc(C(F)(F)F)cn34)C2)c([N+](=O)[O-])cc1F. The molecule has 3 aromatic rings. The number of nitro benzene ring substituents is 1. The summed E-state index contributed by atoms with van der Waals surface area (Å²) in [6, 6.07) is 4.25. The number of nitro groups is 1. The number of aromatic nitrogens is 3. The van der Waals surface area contributed by atoms with E-state index in [1.165, 1.54) is 23.6 Å². The van der Waals surface area contributed by atoms with Crippen LogP contribution in [0.1, 0.15) is 30.1 Å². The van der Waals surface area contributed by atoms with Crippen LogP contribution in [0.25, 0.3) is 5.65 Å². The molecule has 0 N–H and O–H groups in total. The maximum Gasteiger partial charge on any atom is 0.417 e. The predicted molar refractivity (Wildman–Crippen MR) is 102 cm³/mol. The van der Waals surface area contributed by atoms with Crippen molar-refractivity contribution in [3.63, 3.8) is 0 Å². The average Bonchev–Trinajstić information content (AvgIpc) is 3.16. The van der Waals surface area contributed by atoms with Crippen molar-refractivity contribution < 1.29 is 27.2 Å². The van der Waals surface area contributed by atoms with Crippen LogP contribution in [0.15, 0.2) is 30.5 Å². The van der Waals surface area contributed by atoms with Gasteiger partial charge in [-0.3, -0.25) is 14.5 Å². The van der Waals surface area contributed by atoms with E-state index in [4.69, 9.17) is 4.74 Å². The van der Waals surface area contributed by atoms with E-state index in [1.54, 1.807) is 4.90 Å². The van der Waals surface area contributed by atoms with E-state index >= 15 is 0 Å². The Labute approximate surface area is 173 Å². The van der Waals surface area contributed by atoms with E-state index in [0.29, 0.717) is 25.2 Å². The van der Waals surface area contributed by atoms with E-state index in [2.05, 4.69) is 10.2 Å². The van der Waals surface area contributed by atoms with Crippen molar-refractivity contribution in [3.05, 3.63) is 57.8 Å². The number of benzene rings is 1. The zero-order valence-electron chi connectivity index (χ0n) is 16.3. The lowest BCUT2D eigenvalue weighted by molar-refractivity contribution is -0.384.